The van der Waals surface area contributed by atoms with Gasteiger partial charge in [-0.05, 0) is 37.8 Å². The van der Waals surface area contributed by atoms with Crippen LogP contribution in [0.25, 0.3) is 0 Å². The molecular weight excluding hydrogens is 269 g/mol. The lowest BCUT2D eigenvalue weighted by Gasteiger charge is -2.24. The molecule has 118 valence electrons. The molecule has 3 nitrogen and oxygen atoms in total. The Kier molecular flexibility index (Phi) is 7.13. The summed E-state index contributed by atoms with van der Waals surface area (Å²) in [4.78, 5) is 0. The third-order valence-electron chi connectivity index (χ3n) is 3.90. The molecule has 4 heteroatoms. The number of hydrogen-bond donors (Lipinski definition) is 1. The highest BCUT2D eigenvalue weighted by Gasteiger charge is 2.17. The summed E-state index contributed by atoms with van der Waals surface area (Å²) in [7, 11) is 0. The van der Waals surface area contributed by atoms with Crippen molar-refractivity contribution in [3.8, 4) is 0 Å². The van der Waals surface area contributed by atoms with Gasteiger partial charge in [-0.25, -0.2) is 4.39 Å². The summed E-state index contributed by atoms with van der Waals surface area (Å²) >= 11 is 0. The molecule has 0 aromatic heterocycles. The van der Waals surface area contributed by atoms with Gasteiger partial charge in [0.25, 0.3) is 0 Å². The van der Waals surface area contributed by atoms with Crippen LogP contribution in [0.15, 0.2) is 24.3 Å². The van der Waals surface area contributed by atoms with E-state index in [1.165, 1.54) is 6.07 Å². The Morgan fingerprint density at radius 1 is 1.33 bits per heavy atom. The molecule has 2 rings (SSSR count). The Hall–Kier alpha value is -0.970. The van der Waals surface area contributed by atoms with Crippen molar-refractivity contribution in [1.82, 2.24) is 5.32 Å². The fourth-order valence-electron chi connectivity index (χ4n) is 2.60. The van der Waals surface area contributed by atoms with E-state index in [0.717, 1.165) is 45.6 Å². The van der Waals surface area contributed by atoms with E-state index in [9.17, 15) is 4.39 Å². The van der Waals surface area contributed by atoms with Crippen molar-refractivity contribution in [3.63, 3.8) is 0 Å². The van der Waals surface area contributed by atoms with Crippen LogP contribution in [0.4, 0.5) is 4.39 Å². The van der Waals surface area contributed by atoms with Crippen LogP contribution in [0.5, 0.6) is 0 Å². The molecule has 1 aliphatic rings. The number of ether oxygens (including phenoxy) is 2. The van der Waals surface area contributed by atoms with Crippen molar-refractivity contribution in [3.05, 3.63) is 35.6 Å². The predicted molar refractivity (Wildman–Crippen MR) is 81.8 cm³/mol. The van der Waals surface area contributed by atoms with Gasteiger partial charge in [-0.3, -0.25) is 0 Å². The molecule has 1 fully saturated rings. The van der Waals surface area contributed by atoms with Gasteiger partial charge >= 0.3 is 0 Å². The van der Waals surface area contributed by atoms with Gasteiger partial charge in [0.2, 0.25) is 0 Å². The lowest BCUT2D eigenvalue weighted by atomic mass is 10.0. The molecule has 0 bridgehead atoms. The van der Waals surface area contributed by atoms with E-state index in [1.54, 1.807) is 6.07 Å². The van der Waals surface area contributed by atoms with E-state index in [2.05, 4.69) is 12.2 Å². The third kappa shape index (κ3) is 5.38. The molecule has 21 heavy (non-hydrogen) atoms. The Morgan fingerprint density at radius 3 is 2.81 bits per heavy atom. The maximum absolute atomic E-state index is 13.9. The van der Waals surface area contributed by atoms with Gasteiger partial charge in [0, 0.05) is 25.4 Å². The van der Waals surface area contributed by atoms with Crippen molar-refractivity contribution >= 4 is 0 Å². The van der Waals surface area contributed by atoms with Gasteiger partial charge in [-0.1, -0.05) is 25.1 Å². The second kappa shape index (κ2) is 9.13. The van der Waals surface area contributed by atoms with E-state index >= 15 is 0 Å². The van der Waals surface area contributed by atoms with Crippen molar-refractivity contribution in [2.75, 3.05) is 33.0 Å². The maximum Gasteiger partial charge on any atom is 0.128 e. The number of hydrogen-bond acceptors (Lipinski definition) is 3. The lowest BCUT2D eigenvalue weighted by Crippen LogP contribution is -2.29. The molecule has 1 aliphatic heterocycles. The second-order valence-corrected chi connectivity index (χ2v) is 5.62. The van der Waals surface area contributed by atoms with Crippen LogP contribution in [-0.2, 0) is 9.47 Å². The summed E-state index contributed by atoms with van der Waals surface area (Å²) in [6, 6.07) is 6.86. The lowest BCUT2D eigenvalue weighted by molar-refractivity contribution is 0.0149. The van der Waals surface area contributed by atoms with Crippen LogP contribution in [0.3, 0.4) is 0 Å². The van der Waals surface area contributed by atoms with Crippen LogP contribution in [0.2, 0.25) is 0 Å². The summed E-state index contributed by atoms with van der Waals surface area (Å²) < 4.78 is 25.1. The van der Waals surface area contributed by atoms with E-state index in [1.807, 2.05) is 12.1 Å². The minimum absolute atomic E-state index is 0.0778. The van der Waals surface area contributed by atoms with Gasteiger partial charge in [0.05, 0.1) is 12.6 Å². The highest BCUT2D eigenvalue weighted by atomic mass is 19.1. The predicted octanol–water partition coefficient (Wildman–Crippen LogP) is 3.31. The Morgan fingerprint density at radius 2 is 2.10 bits per heavy atom. The van der Waals surface area contributed by atoms with Gasteiger partial charge in [0.1, 0.15) is 5.82 Å². The summed E-state index contributed by atoms with van der Waals surface area (Å²) in [5.41, 5.74) is 0.693. The quantitative estimate of drug-likeness (QED) is 0.798. The molecule has 1 aromatic rings. The number of halogens is 1. The fraction of sp³-hybridized carbons (Fsp3) is 0.647. The zero-order valence-corrected chi connectivity index (χ0v) is 12.8. The molecule has 1 aromatic carbocycles. The van der Waals surface area contributed by atoms with E-state index < -0.39 is 0 Å². The summed E-state index contributed by atoms with van der Waals surface area (Å²) in [5.74, 6) is 0.409. The summed E-state index contributed by atoms with van der Waals surface area (Å²) in [5, 5.41) is 3.37. The molecule has 1 N–H and O–H groups in total. The average Bonchev–Trinajstić information content (AvgIpc) is 2.52. The van der Waals surface area contributed by atoms with Crippen molar-refractivity contribution < 1.29 is 13.9 Å². The van der Waals surface area contributed by atoms with Crippen molar-refractivity contribution in [2.24, 2.45) is 5.92 Å². The molecule has 1 atom stereocenters. The molecule has 1 unspecified atom stereocenters. The first kappa shape index (κ1) is 16.4. The Labute approximate surface area is 126 Å². The van der Waals surface area contributed by atoms with E-state index in [0.29, 0.717) is 18.1 Å². The van der Waals surface area contributed by atoms with Gasteiger partial charge in [0.15, 0.2) is 0 Å². The molecule has 0 spiro atoms. The topological polar surface area (TPSA) is 30.5 Å². The maximum atomic E-state index is 13.9. The number of benzene rings is 1. The highest BCUT2D eigenvalue weighted by Crippen LogP contribution is 2.19. The van der Waals surface area contributed by atoms with Gasteiger partial charge in [-0.2, -0.15) is 0 Å². The average molecular weight is 295 g/mol. The Bertz CT molecular complexity index is 408. The van der Waals surface area contributed by atoms with E-state index in [-0.39, 0.29) is 11.9 Å². The molecule has 0 radical (unpaired) electrons. The van der Waals surface area contributed by atoms with Crippen LogP contribution >= 0.6 is 0 Å². The zero-order chi connectivity index (χ0) is 14.9. The van der Waals surface area contributed by atoms with Crippen LogP contribution < -0.4 is 5.32 Å². The Balaban J connectivity index is 1.85. The van der Waals surface area contributed by atoms with Crippen molar-refractivity contribution in [2.45, 2.75) is 32.2 Å². The summed E-state index contributed by atoms with van der Waals surface area (Å²) in [6.45, 7) is 5.88. The molecule has 1 saturated heterocycles. The first-order chi connectivity index (χ1) is 10.3. The zero-order valence-electron chi connectivity index (χ0n) is 12.8. The minimum Gasteiger partial charge on any atom is -0.381 e. The number of rotatable bonds is 8. The van der Waals surface area contributed by atoms with Crippen molar-refractivity contribution in [1.29, 1.82) is 0 Å². The normalized spacial score (nSPS) is 17.8. The fourth-order valence-corrected chi connectivity index (χ4v) is 2.60. The third-order valence-corrected chi connectivity index (χ3v) is 3.90. The van der Waals surface area contributed by atoms with Crippen LogP contribution in [0, 0.1) is 11.7 Å². The largest absolute Gasteiger partial charge is 0.381 e. The minimum atomic E-state index is -0.166. The van der Waals surface area contributed by atoms with Gasteiger partial charge < -0.3 is 14.8 Å². The van der Waals surface area contributed by atoms with Crippen LogP contribution in [0.1, 0.15) is 37.8 Å². The monoisotopic (exact) mass is 295 g/mol. The molecule has 1 heterocycles. The van der Waals surface area contributed by atoms with E-state index in [4.69, 9.17) is 9.47 Å². The SMILES string of the molecule is CCCNC(COCC1CCOCC1)c1ccccc1F. The van der Waals surface area contributed by atoms with Gasteiger partial charge in [-0.15, -0.1) is 0 Å². The number of nitrogens with one attached hydrogen (secondary N) is 1. The standard InChI is InChI=1S/C17H26FNO2/c1-2-9-19-17(15-5-3-4-6-16(15)18)13-21-12-14-7-10-20-11-8-14/h3-6,14,17,19H,2,7-13H2,1H3. The first-order valence-corrected chi connectivity index (χ1v) is 7.94. The molecule has 0 amide bonds. The summed E-state index contributed by atoms with van der Waals surface area (Å²) in [6.07, 6.45) is 3.14. The molecular formula is C17H26FNO2. The van der Waals surface area contributed by atoms with Crippen LogP contribution in [-0.4, -0.2) is 33.0 Å². The second-order valence-electron chi connectivity index (χ2n) is 5.62. The molecule has 0 aliphatic carbocycles. The first-order valence-electron chi connectivity index (χ1n) is 7.94. The smallest absolute Gasteiger partial charge is 0.128 e. The molecule has 0 saturated carbocycles. The highest BCUT2D eigenvalue weighted by molar-refractivity contribution is 5.21.